The maximum atomic E-state index is 14.7. The smallest absolute Gasteiger partial charge is 0.410 e. The molecule has 2 aromatic carbocycles. The number of nitrogens with one attached hydrogen (secondary N) is 2. The number of carbonyl (C=O) groups excluding carboxylic acids is 5. The molecule has 12 nitrogen and oxygen atoms in total. The number of ketones is 1. The van der Waals surface area contributed by atoms with Gasteiger partial charge in [0.1, 0.15) is 46.8 Å². The lowest BCUT2D eigenvalue weighted by Crippen LogP contribution is -2.57. The fraction of sp³-hybridized carbons (Fsp3) is 0.514. The largest absolute Gasteiger partial charge is 0.444 e. The van der Waals surface area contributed by atoms with Crippen molar-refractivity contribution in [3.63, 3.8) is 0 Å². The molecule has 14 heteroatoms. The summed E-state index contributed by atoms with van der Waals surface area (Å²) in [5.74, 6) is -4.59. The fourth-order valence-electron chi connectivity index (χ4n) is 5.92. The quantitative estimate of drug-likeness (QED) is 0.324. The Bertz CT molecular complexity index is 1550. The number of anilines is 1. The highest BCUT2D eigenvalue weighted by Gasteiger charge is 2.44. The molecule has 2 aromatic rings. The molecule has 2 heterocycles. The predicted molar refractivity (Wildman–Crippen MR) is 176 cm³/mol. The summed E-state index contributed by atoms with van der Waals surface area (Å²) in [6.45, 7) is 7.41. The molecule has 1 fully saturated rings. The van der Waals surface area contributed by atoms with E-state index in [-0.39, 0.29) is 37.6 Å². The number of likely N-dealkylation sites (N-methyl/N-ethyl adjacent to an activating group) is 1. The molecule has 4 amide bonds. The van der Waals surface area contributed by atoms with E-state index >= 15 is 0 Å². The number of nitrogens with zero attached hydrogens (tertiary/aromatic N) is 2. The third-order valence-electron chi connectivity index (χ3n) is 8.67. The maximum absolute atomic E-state index is 14.7. The Morgan fingerprint density at radius 2 is 1.73 bits per heavy atom. The standard InChI is InChI=1S/C35H45F2N5O7/c1-20(41(5)34(47)49-35(2,3)4)31(44)39-28(22-12-15-48-16-13-22)33(46)42-19-23-10-9-21(17-24(43)11-14-38)18-25(23)30(42)32(45)40-29-26(36)7-6-8-27(29)37/h6-10,18,20,22,28,30H,11-17,19,38H2,1-5H3,(H,39,44)(H,40,45)/t20-,28-,30-/m0/s1. The van der Waals surface area contributed by atoms with Gasteiger partial charge < -0.3 is 30.7 Å². The molecule has 0 bridgehead atoms. The molecule has 3 atom stereocenters. The molecule has 0 unspecified atom stereocenters. The number of Topliss-reactive ketones (excluding diaryl/α,β-unsaturated/α-hetero) is 1. The van der Waals surface area contributed by atoms with Gasteiger partial charge in [-0.15, -0.1) is 0 Å². The molecule has 0 saturated carbocycles. The second-order valence-electron chi connectivity index (χ2n) is 13.4. The highest BCUT2D eigenvalue weighted by molar-refractivity contribution is 6.00. The SMILES string of the molecule is C[C@@H](C(=O)N[C@H](C(=O)N1Cc2ccc(CC(=O)CCN)cc2[C@H]1C(=O)Nc1c(F)cccc1F)C1CCOCC1)N(C)C(=O)OC(C)(C)C. The van der Waals surface area contributed by atoms with Crippen molar-refractivity contribution in [2.75, 3.05) is 32.1 Å². The molecular weight excluding hydrogens is 640 g/mol. The summed E-state index contributed by atoms with van der Waals surface area (Å²) in [6, 6.07) is 4.70. The molecule has 4 rings (SSSR count). The predicted octanol–water partition coefficient (Wildman–Crippen LogP) is 3.61. The molecule has 0 radical (unpaired) electrons. The Hall–Kier alpha value is -4.43. The first-order valence-corrected chi connectivity index (χ1v) is 16.3. The molecule has 0 spiro atoms. The average Bonchev–Trinajstić information content (AvgIpc) is 3.43. The van der Waals surface area contributed by atoms with E-state index in [9.17, 15) is 32.8 Å². The van der Waals surface area contributed by atoms with E-state index in [4.69, 9.17) is 15.2 Å². The minimum Gasteiger partial charge on any atom is -0.444 e. The van der Waals surface area contributed by atoms with Crippen LogP contribution in [0.4, 0.5) is 19.3 Å². The topological polar surface area (TPSA) is 160 Å². The van der Waals surface area contributed by atoms with Crippen molar-refractivity contribution in [2.45, 2.75) is 83.6 Å². The number of nitrogens with two attached hydrogens (primary N) is 1. The van der Waals surface area contributed by atoms with Crippen molar-refractivity contribution in [3.05, 3.63) is 64.7 Å². The second kappa shape index (κ2) is 15.9. The summed E-state index contributed by atoms with van der Waals surface area (Å²) in [6.07, 6.45) is 0.332. The lowest BCUT2D eigenvalue weighted by Gasteiger charge is -2.36. The van der Waals surface area contributed by atoms with E-state index in [2.05, 4.69) is 10.6 Å². The van der Waals surface area contributed by atoms with Crippen molar-refractivity contribution in [2.24, 2.45) is 11.7 Å². The Labute approximate surface area is 284 Å². The van der Waals surface area contributed by atoms with Gasteiger partial charge in [-0.1, -0.05) is 24.3 Å². The summed E-state index contributed by atoms with van der Waals surface area (Å²) in [5.41, 5.74) is 5.62. The van der Waals surface area contributed by atoms with Crippen LogP contribution in [0.3, 0.4) is 0 Å². The summed E-state index contributed by atoms with van der Waals surface area (Å²) < 4.78 is 40.2. The molecule has 0 aliphatic carbocycles. The Morgan fingerprint density at radius 1 is 1.08 bits per heavy atom. The van der Waals surface area contributed by atoms with Crippen LogP contribution in [0.15, 0.2) is 36.4 Å². The van der Waals surface area contributed by atoms with E-state index < -0.39 is 64.9 Å². The van der Waals surface area contributed by atoms with Crippen molar-refractivity contribution in [1.29, 1.82) is 0 Å². The third-order valence-corrected chi connectivity index (χ3v) is 8.67. The van der Waals surface area contributed by atoms with Gasteiger partial charge in [0.25, 0.3) is 5.91 Å². The van der Waals surface area contributed by atoms with Crippen LogP contribution in [0.1, 0.15) is 69.7 Å². The zero-order valence-electron chi connectivity index (χ0n) is 28.5. The average molecular weight is 686 g/mol. The van der Waals surface area contributed by atoms with Gasteiger partial charge in [-0.2, -0.15) is 0 Å². The lowest BCUT2D eigenvalue weighted by molar-refractivity contribution is -0.144. The summed E-state index contributed by atoms with van der Waals surface area (Å²) in [4.78, 5) is 69.7. The number of carbonyl (C=O) groups is 5. The highest BCUT2D eigenvalue weighted by atomic mass is 19.1. The van der Waals surface area contributed by atoms with Crippen LogP contribution in [0.2, 0.25) is 0 Å². The molecule has 4 N–H and O–H groups in total. The number of ether oxygens (including phenoxy) is 2. The second-order valence-corrected chi connectivity index (χ2v) is 13.4. The third kappa shape index (κ3) is 9.18. The van der Waals surface area contributed by atoms with E-state index in [1.54, 1.807) is 39.0 Å². The Kier molecular flexibility index (Phi) is 12.1. The van der Waals surface area contributed by atoms with E-state index in [1.165, 1.54) is 18.9 Å². The van der Waals surface area contributed by atoms with Crippen LogP contribution < -0.4 is 16.4 Å². The zero-order valence-corrected chi connectivity index (χ0v) is 28.5. The number of fused-ring (bicyclic) bond motifs is 1. The van der Waals surface area contributed by atoms with Gasteiger partial charge in [-0.25, -0.2) is 13.6 Å². The number of hydrogen-bond acceptors (Lipinski definition) is 8. The molecule has 2 aliphatic heterocycles. The number of hydrogen-bond donors (Lipinski definition) is 3. The van der Waals surface area contributed by atoms with Gasteiger partial charge in [0.05, 0.1) is 0 Å². The van der Waals surface area contributed by atoms with Gasteiger partial charge >= 0.3 is 6.09 Å². The maximum Gasteiger partial charge on any atom is 0.410 e. The van der Waals surface area contributed by atoms with E-state index in [0.717, 1.165) is 23.1 Å². The van der Waals surface area contributed by atoms with Crippen LogP contribution in [-0.2, 0) is 41.6 Å². The van der Waals surface area contributed by atoms with Crippen LogP contribution in [-0.4, -0.2) is 83.9 Å². The van der Waals surface area contributed by atoms with Crippen molar-refractivity contribution >= 4 is 35.3 Å². The molecule has 2 aliphatic rings. The molecule has 266 valence electrons. The van der Waals surface area contributed by atoms with Crippen molar-refractivity contribution in [1.82, 2.24) is 15.1 Å². The van der Waals surface area contributed by atoms with Gasteiger partial charge in [0.15, 0.2) is 0 Å². The van der Waals surface area contributed by atoms with E-state index in [0.29, 0.717) is 42.7 Å². The van der Waals surface area contributed by atoms with Gasteiger partial charge in [0.2, 0.25) is 11.8 Å². The normalized spacial score (nSPS) is 17.5. The lowest BCUT2D eigenvalue weighted by atomic mass is 9.90. The molecule has 49 heavy (non-hydrogen) atoms. The van der Waals surface area contributed by atoms with Crippen LogP contribution >= 0.6 is 0 Å². The summed E-state index contributed by atoms with van der Waals surface area (Å²) in [5, 5.41) is 5.14. The summed E-state index contributed by atoms with van der Waals surface area (Å²) >= 11 is 0. The van der Waals surface area contributed by atoms with Crippen LogP contribution in [0.25, 0.3) is 0 Å². The first-order valence-electron chi connectivity index (χ1n) is 16.3. The van der Waals surface area contributed by atoms with Crippen molar-refractivity contribution in [3.8, 4) is 0 Å². The molecular formula is C35H45F2N5O7. The number of halogens is 2. The van der Waals surface area contributed by atoms with E-state index in [1.807, 2.05) is 0 Å². The van der Waals surface area contributed by atoms with Gasteiger partial charge in [0, 0.05) is 39.6 Å². The number of para-hydroxylation sites is 1. The molecule has 1 saturated heterocycles. The first kappa shape index (κ1) is 37.4. The van der Waals surface area contributed by atoms with Gasteiger partial charge in [-0.05, 0) is 81.8 Å². The number of amides is 4. The number of rotatable bonds is 11. The first-order chi connectivity index (χ1) is 23.1. The number of benzene rings is 2. The highest BCUT2D eigenvalue weighted by Crippen LogP contribution is 2.38. The van der Waals surface area contributed by atoms with Crippen LogP contribution in [0.5, 0.6) is 0 Å². The fourth-order valence-corrected chi connectivity index (χ4v) is 5.92. The Balaban J connectivity index is 1.68. The van der Waals surface area contributed by atoms with Crippen LogP contribution in [0, 0.1) is 17.6 Å². The van der Waals surface area contributed by atoms with Gasteiger partial charge in [-0.3, -0.25) is 24.1 Å². The molecule has 0 aromatic heterocycles. The monoisotopic (exact) mass is 685 g/mol. The van der Waals surface area contributed by atoms with Crippen molar-refractivity contribution < 1.29 is 42.2 Å². The minimum atomic E-state index is -1.35. The minimum absolute atomic E-state index is 0.0402. The summed E-state index contributed by atoms with van der Waals surface area (Å²) in [7, 11) is 1.42. The zero-order chi connectivity index (χ0) is 36.0. The Morgan fingerprint density at radius 3 is 2.35 bits per heavy atom.